The zero-order valence-corrected chi connectivity index (χ0v) is 12.4. The molecule has 2 aliphatic carbocycles. The van der Waals surface area contributed by atoms with Crippen molar-refractivity contribution >= 4 is 17.1 Å². The Labute approximate surface area is 133 Å². The number of nitriles is 1. The summed E-state index contributed by atoms with van der Waals surface area (Å²) in [7, 11) is 0. The molecular weight excluding hydrogens is 290 g/mol. The maximum Gasteiger partial charge on any atom is 0.287 e. The van der Waals surface area contributed by atoms with E-state index in [1.807, 2.05) is 22.8 Å². The number of nitrogens with one attached hydrogen (secondary N) is 1. The summed E-state index contributed by atoms with van der Waals surface area (Å²) < 4.78 is 1.84. The van der Waals surface area contributed by atoms with Crippen molar-refractivity contribution in [1.82, 2.24) is 19.9 Å². The number of hydrogen-bond acceptors (Lipinski definition) is 4. The van der Waals surface area contributed by atoms with E-state index in [0.29, 0.717) is 29.0 Å². The molecule has 2 heterocycles. The molecule has 2 aliphatic rings. The molecule has 0 aromatic carbocycles. The molecule has 0 spiro atoms. The zero-order valence-electron chi connectivity index (χ0n) is 12.4. The van der Waals surface area contributed by atoms with Gasteiger partial charge in [0.25, 0.3) is 5.91 Å². The van der Waals surface area contributed by atoms with Crippen LogP contribution in [-0.4, -0.2) is 26.5 Å². The number of carbonyl (C=O) groups is 1. The van der Waals surface area contributed by atoms with Crippen molar-refractivity contribution in [3.05, 3.63) is 48.0 Å². The van der Waals surface area contributed by atoms with E-state index >= 15 is 0 Å². The standard InChI is InChI=1S/C17H15N5O/c18-10-11-3-1-4-13(9-11)22-15-14(5-2-8-19-15)21-16(22)17(23)20-12-6-7-12/h1-3,5,8-9,12-13H,4,6-7H2,(H,20,23). The van der Waals surface area contributed by atoms with E-state index in [0.717, 1.165) is 12.8 Å². The molecular formula is C17H15N5O. The Morgan fingerprint density at radius 3 is 3.09 bits per heavy atom. The van der Waals surface area contributed by atoms with Crippen LogP contribution in [0.1, 0.15) is 35.9 Å². The largest absolute Gasteiger partial charge is 0.347 e. The maximum atomic E-state index is 12.6. The normalized spacial score (nSPS) is 20.1. The third-order valence-corrected chi connectivity index (χ3v) is 4.07. The first kappa shape index (κ1) is 13.7. The van der Waals surface area contributed by atoms with Gasteiger partial charge in [-0.25, -0.2) is 9.97 Å². The lowest BCUT2D eigenvalue weighted by atomic mass is 10.0. The van der Waals surface area contributed by atoms with Gasteiger partial charge >= 0.3 is 0 Å². The molecule has 6 heteroatoms. The molecule has 2 aromatic heterocycles. The summed E-state index contributed by atoms with van der Waals surface area (Å²) >= 11 is 0. The molecule has 1 amide bonds. The minimum atomic E-state index is -0.174. The number of allylic oxidation sites excluding steroid dienone is 4. The van der Waals surface area contributed by atoms with Crippen LogP contribution in [0.15, 0.2) is 42.1 Å². The van der Waals surface area contributed by atoms with Crippen LogP contribution >= 0.6 is 0 Å². The lowest BCUT2D eigenvalue weighted by molar-refractivity contribution is 0.0935. The molecule has 1 atom stereocenters. The molecule has 0 radical (unpaired) electrons. The van der Waals surface area contributed by atoms with Crippen molar-refractivity contribution in [2.24, 2.45) is 0 Å². The van der Waals surface area contributed by atoms with Crippen LogP contribution in [0.2, 0.25) is 0 Å². The zero-order chi connectivity index (χ0) is 15.8. The van der Waals surface area contributed by atoms with Crippen molar-refractivity contribution < 1.29 is 4.79 Å². The number of aromatic nitrogens is 3. The highest BCUT2D eigenvalue weighted by Gasteiger charge is 2.29. The van der Waals surface area contributed by atoms with Gasteiger partial charge in [0, 0.05) is 17.8 Å². The molecule has 0 saturated heterocycles. The van der Waals surface area contributed by atoms with E-state index in [1.54, 1.807) is 18.3 Å². The fourth-order valence-electron chi connectivity index (χ4n) is 2.80. The Kier molecular flexibility index (Phi) is 3.19. The van der Waals surface area contributed by atoms with Gasteiger partial charge in [-0.2, -0.15) is 5.26 Å². The molecule has 0 bridgehead atoms. The van der Waals surface area contributed by atoms with Crippen LogP contribution in [0, 0.1) is 11.3 Å². The fourth-order valence-corrected chi connectivity index (χ4v) is 2.80. The molecule has 6 nitrogen and oxygen atoms in total. The van der Waals surface area contributed by atoms with E-state index in [-0.39, 0.29) is 18.0 Å². The van der Waals surface area contributed by atoms with Crippen LogP contribution in [0.3, 0.4) is 0 Å². The molecule has 114 valence electrons. The lowest BCUT2D eigenvalue weighted by Gasteiger charge is -2.19. The number of imidazole rings is 1. The highest BCUT2D eigenvalue weighted by atomic mass is 16.2. The SMILES string of the molecule is N#CC1=CC(n2c(C(=O)NC3CC3)nc3cccnc32)CC=C1. The minimum Gasteiger partial charge on any atom is -0.347 e. The quantitative estimate of drug-likeness (QED) is 0.943. The summed E-state index contributed by atoms with van der Waals surface area (Å²) in [6.45, 7) is 0. The van der Waals surface area contributed by atoms with E-state index in [1.165, 1.54) is 0 Å². The number of hydrogen-bond donors (Lipinski definition) is 1. The van der Waals surface area contributed by atoms with Gasteiger partial charge in [-0.1, -0.05) is 6.08 Å². The van der Waals surface area contributed by atoms with Crippen molar-refractivity contribution in [1.29, 1.82) is 5.26 Å². The van der Waals surface area contributed by atoms with Crippen LogP contribution in [0.5, 0.6) is 0 Å². The van der Waals surface area contributed by atoms with Gasteiger partial charge in [-0.05, 0) is 43.5 Å². The van der Waals surface area contributed by atoms with Gasteiger partial charge in [-0.15, -0.1) is 0 Å². The summed E-state index contributed by atoms with van der Waals surface area (Å²) in [5, 5.41) is 12.1. The molecule has 1 saturated carbocycles. The first-order valence-electron chi connectivity index (χ1n) is 7.68. The van der Waals surface area contributed by atoms with Crippen LogP contribution in [0.25, 0.3) is 11.2 Å². The first-order valence-corrected chi connectivity index (χ1v) is 7.68. The molecule has 1 fully saturated rings. The van der Waals surface area contributed by atoms with Gasteiger partial charge in [-0.3, -0.25) is 9.36 Å². The van der Waals surface area contributed by atoms with E-state index in [4.69, 9.17) is 5.26 Å². The second kappa shape index (κ2) is 5.36. The Morgan fingerprint density at radius 2 is 2.30 bits per heavy atom. The summed E-state index contributed by atoms with van der Waals surface area (Å²) in [4.78, 5) is 21.4. The Morgan fingerprint density at radius 1 is 1.43 bits per heavy atom. The topological polar surface area (TPSA) is 83.6 Å². The van der Waals surface area contributed by atoms with Crippen LogP contribution in [-0.2, 0) is 0 Å². The smallest absolute Gasteiger partial charge is 0.287 e. The van der Waals surface area contributed by atoms with Gasteiger partial charge in [0.1, 0.15) is 5.52 Å². The minimum absolute atomic E-state index is 0.130. The number of pyridine rings is 1. The van der Waals surface area contributed by atoms with Crippen LogP contribution < -0.4 is 5.32 Å². The third-order valence-electron chi connectivity index (χ3n) is 4.07. The first-order chi connectivity index (χ1) is 11.3. The molecule has 23 heavy (non-hydrogen) atoms. The van der Waals surface area contributed by atoms with Crippen molar-refractivity contribution in [3.63, 3.8) is 0 Å². The number of carbonyl (C=O) groups excluding carboxylic acids is 1. The van der Waals surface area contributed by atoms with Gasteiger partial charge < -0.3 is 5.32 Å². The fraction of sp³-hybridized carbons (Fsp3) is 0.294. The van der Waals surface area contributed by atoms with Crippen molar-refractivity contribution in [2.45, 2.75) is 31.3 Å². The number of nitrogens with zero attached hydrogens (tertiary/aromatic N) is 4. The predicted molar refractivity (Wildman–Crippen MR) is 84.5 cm³/mol. The van der Waals surface area contributed by atoms with Crippen molar-refractivity contribution in [2.75, 3.05) is 0 Å². The second-order valence-corrected chi connectivity index (χ2v) is 5.84. The summed E-state index contributed by atoms with van der Waals surface area (Å²) in [6.07, 6.45) is 10.1. The van der Waals surface area contributed by atoms with E-state index in [9.17, 15) is 4.79 Å². The Balaban J connectivity index is 1.82. The average Bonchev–Trinajstić information content (AvgIpc) is 3.31. The highest BCUT2D eigenvalue weighted by Crippen LogP contribution is 2.28. The number of fused-ring (bicyclic) bond motifs is 1. The predicted octanol–water partition coefficient (Wildman–Crippen LogP) is 2.27. The maximum absolute atomic E-state index is 12.6. The van der Waals surface area contributed by atoms with Gasteiger partial charge in [0.2, 0.25) is 5.82 Å². The van der Waals surface area contributed by atoms with Gasteiger partial charge in [0.15, 0.2) is 5.65 Å². The van der Waals surface area contributed by atoms with Crippen molar-refractivity contribution in [3.8, 4) is 6.07 Å². The average molecular weight is 305 g/mol. The molecule has 2 aromatic rings. The summed E-state index contributed by atoms with van der Waals surface area (Å²) in [6, 6.07) is 5.94. The third kappa shape index (κ3) is 2.50. The van der Waals surface area contributed by atoms with Gasteiger partial charge in [0.05, 0.1) is 12.1 Å². The molecule has 1 unspecified atom stereocenters. The van der Waals surface area contributed by atoms with E-state index < -0.39 is 0 Å². The highest BCUT2D eigenvalue weighted by molar-refractivity contribution is 5.94. The molecule has 0 aliphatic heterocycles. The van der Waals surface area contributed by atoms with Crippen LogP contribution in [0.4, 0.5) is 0 Å². The Bertz CT molecular complexity index is 882. The number of rotatable bonds is 3. The van der Waals surface area contributed by atoms with E-state index in [2.05, 4.69) is 21.4 Å². The number of amides is 1. The molecule has 4 rings (SSSR count). The summed E-state index contributed by atoms with van der Waals surface area (Å²) in [5.74, 6) is 0.186. The monoisotopic (exact) mass is 305 g/mol. The lowest BCUT2D eigenvalue weighted by Crippen LogP contribution is -2.29. The Hall–Kier alpha value is -2.94. The second-order valence-electron chi connectivity index (χ2n) is 5.84. The molecule has 1 N–H and O–H groups in total. The summed E-state index contributed by atoms with van der Waals surface area (Å²) in [5.41, 5.74) is 1.95.